The molecule has 0 bridgehead atoms. The summed E-state index contributed by atoms with van der Waals surface area (Å²) in [7, 11) is -3.17. The zero-order valence-corrected chi connectivity index (χ0v) is 21.9. The summed E-state index contributed by atoms with van der Waals surface area (Å²) in [6.07, 6.45) is 1.21. The van der Waals surface area contributed by atoms with E-state index in [1.165, 1.54) is 5.56 Å². The van der Waals surface area contributed by atoms with Crippen LogP contribution in [0.5, 0.6) is 5.75 Å². The number of hydrogen-bond donors (Lipinski definition) is 0. The maximum atomic E-state index is 13.6. The lowest BCUT2D eigenvalue weighted by molar-refractivity contribution is 0.0681. The highest BCUT2D eigenvalue weighted by Gasteiger charge is 2.35. The largest absolute Gasteiger partial charge is 0.490 e. The van der Waals surface area contributed by atoms with Crippen LogP contribution in [0.25, 0.3) is 0 Å². The molecule has 1 saturated heterocycles. The van der Waals surface area contributed by atoms with E-state index < -0.39 is 15.9 Å². The van der Waals surface area contributed by atoms with Gasteiger partial charge in [0.2, 0.25) is 0 Å². The zero-order valence-electron chi connectivity index (χ0n) is 19.5. The Morgan fingerprint density at radius 3 is 2.21 bits per heavy atom. The zero-order chi connectivity index (χ0) is 24.4. The Bertz CT molecular complexity index is 1090. The minimum Gasteiger partial charge on any atom is -0.490 e. The lowest BCUT2D eigenvalue weighted by Crippen LogP contribution is -2.40. The van der Waals surface area contributed by atoms with Gasteiger partial charge < -0.3 is 9.64 Å². The van der Waals surface area contributed by atoms with E-state index in [-0.39, 0.29) is 32.9 Å². The smallest absolute Gasteiger partial charge is 0.254 e. The van der Waals surface area contributed by atoms with Gasteiger partial charge in [0.1, 0.15) is 0 Å². The third-order valence-electron chi connectivity index (χ3n) is 5.78. The third kappa shape index (κ3) is 6.43. The van der Waals surface area contributed by atoms with Crippen LogP contribution in [-0.4, -0.2) is 43.4 Å². The van der Waals surface area contributed by atoms with Crippen molar-refractivity contribution in [2.45, 2.75) is 58.5 Å². The maximum absolute atomic E-state index is 13.6. The molecule has 0 aromatic heterocycles. The number of carbonyl (C=O) groups excluding carboxylic acids is 1. The van der Waals surface area contributed by atoms with Gasteiger partial charge in [0, 0.05) is 18.2 Å². The predicted molar refractivity (Wildman–Crippen MR) is 134 cm³/mol. The Labute approximate surface area is 206 Å². The molecule has 2 aromatic carbocycles. The highest BCUT2D eigenvalue weighted by atomic mass is 35.5. The quantitative estimate of drug-likeness (QED) is 0.463. The van der Waals surface area contributed by atoms with Crippen molar-refractivity contribution in [3.05, 3.63) is 63.1 Å². The standard InChI is InChI=1S/C25H31Cl2NO4S/c1-5-11-32-23-21(26)13-18(14-22(23)27)24(29)28(20-10-12-33(30,31)16-20)15-17-6-8-19(9-7-17)25(2,3)4/h6-9,13-14,20H,5,10-12,15-16H2,1-4H3/t20-/m0/s1. The molecular formula is C25H31Cl2NO4S. The highest BCUT2D eigenvalue weighted by molar-refractivity contribution is 7.91. The Kier molecular flexibility index (Phi) is 8.03. The van der Waals surface area contributed by atoms with Crippen LogP contribution in [0.2, 0.25) is 10.0 Å². The van der Waals surface area contributed by atoms with Crippen molar-refractivity contribution < 1.29 is 17.9 Å². The fourth-order valence-corrected chi connectivity index (χ4v) is 6.21. The summed E-state index contributed by atoms with van der Waals surface area (Å²) in [5.74, 6) is 0.0839. The van der Waals surface area contributed by atoms with Gasteiger partial charge in [0.15, 0.2) is 15.6 Å². The first-order chi connectivity index (χ1) is 15.4. The molecule has 1 aliphatic heterocycles. The number of halogens is 2. The predicted octanol–water partition coefficient (Wildman–Crippen LogP) is 5.91. The van der Waals surface area contributed by atoms with Crippen LogP contribution in [0.1, 0.15) is 62.0 Å². The average Bonchev–Trinajstić information content (AvgIpc) is 3.10. The number of nitrogens with zero attached hydrogens (tertiary/aromatic N) is 1. The van der Waals surface area contributed by atoms with Crippen LogP contribution in [0.15, 0.2) is 36.4 Å². The van der Waals surface area contributed by atoms with Gasteiger partial charge in [0.05, 0.1) is 28.2 Å². The second kappa shape index (κ2) is 10.2. The van der Waals surface area contributed by atoms with E-state index in [1.807, 2.05) is 19.1 Å². The minimum atomic E-state index is -3.17. The van der Waals surface area contributed by atoms with Crippen molar-refractivity contribution in [3.63, 3.8) is 0 Å². The normalized spacial score (nSPS) is 17.7. The van der Waals surface area contributed by atoms with E-state index in [9.17, 15) is 13.2 Å². The first-order valence-corrected chi connectivity index (χ1v) is 13.7. The van der Waals surface area contributed by atoms with Crippen molar-refractivity contribution in [2.75, 3.05) is 18.1 Å². The summed E-state index contributed by atoms with van der Waals surface area (Å²) in [6.45, 7) is 9.16. The van der Waals surface area contributed by atoms with E-state index in [0.29, 0.717) is 30.9 Å². The summed E-state index contributed by atoms with van der Waals surface area (Å²) < 4.78 is 29.9. The van der Waals surface area contributed by atoms with Crippen LogP contribution >= 0.6 is 23.2 Å². The molecule has 1 aliphatic rings. The Morgan fingerprint density at radius 2 is 1.73 bits per heavy atom. The Hall–Kier alpha value is -1.76. The van der Waals surface area contributed by atoms with Crippen molar-refractivity contribution in [2.24, 2.45) is 0 Å². The van der Waals surface area contributed by atoms with Crippen LogP contribution in [0.4, 0.5) is 0 Å². The summed E-state index contributed by atoms with van der Waals surface area (Å²) in [6, 6.07) is 10.8. The first kappa shape index (κ1) is 25.9. The fraction of sp³-hybridized carbons (Fsp3) is 0.480. The monoisotopic (exact) mass is 511 g/mol. The van der Waals surface area contributed by atoms with Gasteiger partial charge in [0.25, 0.3) is 5.91 Å². The molecule has 1 heterocycles. The number of amides is 1. The van der Waals surface area contributed by atoms with E-state index in [4.69, 9.17) is 27.9 Å². The summed E-state index contributed by atoms with van der Waals surface area (Å²) >= 11 is 12.7. The average molecular weight is 512 g/mol. The van der Waals surface area contributed by atoms with Gasteiger partial charge in [-0.05, 0) is 41.5 Å². The third-order valence-corrected chi connectivity index (χ3v) is 8.09. The maximum Gasteiger partial charge on any atom is 0.254 e. The fourth-order valence-electron chi connectivity index (χ4n) is 3.89. The molecule has 0 saturated carbocycles. The minimum absolute atomic E-state index is 0.0165. The van der Waals surface area contributed by atoms with E-state index >= 15 is 0 Å². The second-order valence-electron chi connectivity index (χ2n) is 9.55. The summed E-state index contributed by atoms with van der Waals surface area (Å²) in [5.41, 5.74) is 2.45. The number of carbonyl (C=O) groups is 1. The first-order valence-electron chi connectivity index (χ1n) is 11.1. The second-order valence-corrected chi connectivity index (χ2v) is 12.6. The van der Waals surface area contributed by atoms with Gasteiger partial charge >= 0.3 is 0 Å². The van der Waals surface area contributed by atoms with Crippen molar-refractivity contribution in [3.8, 4) is 5.75 Å². The number of rotatable bonds is 7. The Morgan fingerprint density at radius 1 is 1.12 bits per heavy atom. The number of benzene rings is 2. The molecule has 0 aliphatic carbocycles. The van der Waals surface area contributed by atoms with Crippen molar-refractivity contribution in [1.82, 2.24) is 4.90 Å². The molecule has 8 heteroatoms. The summed E-state index contributed by atoms with van der Waals surface area (Å²) in [5, 5.41) is 0.514. The molecule has 1 atom stereocenters. The van der Waals surface area contributed by atoms with Gasteiger partial charge in [-0.2, -0.15) is 0 Å². The van der Waals surface area contributed by atoms with Gasteiger partial charge in [-0.3, -0.25) is 4.79 Å². The summed E-state index contributed by atoms with van der Waals surface area (Å²) in [4.78, 5) is 15.2. The molecule has 1 fully saturated rings. The molecule has 0 spiro atoms. The lowest BCUT2D eigenvalue weighted by atomic mass is 9.86. The van der Waals surface area contributed by atoms with Crippen molar-refractivity contribution in [1.29, 1.82) is 0 Å². The van der Waals surface area contributed by atoms with Crippen molar-refractivity contribution >= 4 is 38.9 Å². The van der Waals surface area contributed by atoms with Crippen LogP contribution in [0.3, 0.4) is 0 Å². The lowest BCUT2D eigenvalue weighted by Gasteiger charge is -2.29. The Balaban J connectivity index is 1.92. The topological polar surface area (TPSA) is 63.7 Å². The van der Waals surface area contributed by atoms with Gasteiger partial charge in [-0.1, -0.05) is 75.2 Å². The molecule has 0 radical (unpaired) electrons. The molecule has 33 heavy (non-hydrogen) atoms. The molecule has 0 N–H and O–H groups in total. The molecule has 2 aromatic rings. The van der Waals surface area contributed by atoms with E-state index in [1.54, 1.807) is 17.0 Å². The van der Waals surface area contributed by atoms with Crippen LogP contribution < -0.4 is 4.74 Å². The number of hydrogen-bond acceptors (Lipinski definition) is 4. The molecular weight excluding hydrogens is 481 g/mol. The van der Waals surface area contributed by atoms with Crippen LogP contribution in [-0.2, 0) is 21.8 Å². The van der Waals surface area contributed by atoms with Gasteiger partial charge in [-0.15, -0.1) is 0 Å². The number of sulfone groups is 1. The molecule has 1 amide bonds. The molecule has 180 valence electrons. The molecule has 0 unspecified atom stereocenters. The van der Waals surface area contributed by atoms with E-state index in [0.717, 1.165) is 12.0 Å². The highest BCUT2D eigenvalue weighted by Crippen LogP contribution is 2.35. The van der Waals surface area contributed by atoms with Crippen LogP contribution in [0, 0.1) is 0 Å². The SMILES string of the molecule is CCCOc1c(Cl)cc(C(=O)N(Cc2ccc(C(C)(C)C)cc2)[C@H]2CCS(=O)(=O)C2)cc1Cl. The molecule has 3 rings (SSSR count). The molecule has 5 nitrogen and oxygen atoms in total. The van der Waals surface area contributed by atoms with E-state index in [2.05, 4.69) is 32.9 Å². The number of ether oxygens (including phenoxy) is 1. The van der Waals surface area contributed by atoms with Gasteiger partial charge in [-0.25, -0.2) is 8.42 Å².